The highest BCUT2D eigenvalue weighted by atomic mass is 35.5. The molecule has 34 heavy (non-hydrogen) atoms. The van der Waals surface area contributed by atoms with Gasteiger partial charge in [0.15, 0.2) is 0 Å². The topological polar surface area (TPSA) is 84.7 Å². The fourth-order valence-electron chi connectivity index (χ4n) is 3.11. The second kappa shape index (κ2) is 9.44. The molecule has 0 spiro atoms. The van der Waals surface area contributed by atoms with Gasteiger partial charge in [0.1, 0.15) is 18.0 Å². The summed E-state index contributed by atoms with van der Waals surface area (Å²) in [6.07, 6.45) is -3.07. The van der Waals surface area contributed by atoms with Gasteiger partial charge in [-0.05, 0) is 42.5 Å². The summed E-state index contributed by atoms with van der Waals surface area (Å²) in [5.74, 6) is 0.278. The molecular formula is C23H16ClF3N4O3. The minimum Gasteiger partial charge on any atom is -0.485 e. The fourth-order valence-corrected chi connectivity index (χ4v) is 3.27. The van der Waals surface area contributed by atoms with Gasteiger partial charge in [-0.25, -0.2) is 9.78 Å². The molecule has 0 saturated heterocycles. The second-order valence-corrected chi connectivity index (χ2v) is 7.54. The zero-order chi connectivity index (χ0) is 24.3. The van der Waals surface area contributed by atoms with Gasteiger partial charge in [0.2, 0.25) is 0 Å². The normalized spacial score (nSPS) is 11.3. The zero-order valence-corrected chi connectivity index (χ0v) is 18.0. The zero-order valence-electron chi connectivity index (χ0n) is 17.3. The average molecular weight is 489 g/mol. The number of aromatic nitrogens is 2. The van der Waals surface area contributed by atoms with Gasteiger partial charge in [-0.2, -0.15) is 13.2 Å². The molecule has 0 unspecified atom stereocenters. The monoisotopic (exact) mass is 488 g/mol. The maximum atomic E-state index is 12.9. The van der Waals surface area contributed by atoms with Gasteiger partial charge in [0.25, 0.3) is 5.56 Å². The molecule has 0 bridgehead atoms. The molecule has 0 aliphatic heterocycles. The highest BCUT2D eigenvalue weighted by Crippen LogP contribution is 2.31. The standard InChI is InChI=1S/C23H16ClF3N4O3/c24-15-8-9-20-28-17(11-21(32)31(20)12-15)13-34-19-7-2-1-6-18(19)30-22(33)29-16-5-3-4-14(10-16)23(25,26)27/h1-12H,13H2,(H2,29,30,33). The van der Waals surface area contributed by atoms with Gasteiger partial charge in [-0.3, -0.25) is 9.20 Å². The third-order valence-corrected chi connectivity index (χ3v) is 4.86. The van der Waals surface area contributed by atoms with Crippen LogP contribution < -0.4 is 20.9 Å². The van der Waals surface area contributed by atoms with E-state index < -0.39 is 17.8 Å². The highest BCUT2D eigenvalue weighted by molar-refractivity contribution is 6.30. The molecule has 4 aromatic rings. The van der Waals surface area contributed by atoms with Gasteiger partial charge < -0.3 is 15.4 Å². The fraction of sp³-hybridized carbons (Fsp3) is 0.0870. The van der Waals surface area contributed by atoms with Gasteiger partial charge in [-0.1, -0.05) is 29.8 Å². The summed E-state index contributed by atoms with van der Waals surface area (Å²) in [5.41, 5.74) is -0.214. The number of ether oxygens (including phenoxy) is 1. The molecule has 2 N–H and O–H groups in total. The van der Waals surface area contributed by atoms with Gasteiger partial charge >= 0.3 is 12.2 Å². The van der Waals surface area contributed by atoms with Crippen LogP contribution in [-0.2, 0) is 12.8 Å². The summed E-state index contributed by atoms with van der Waals surface area (Å²) < 4.78 is 45.7. The molecule has 0 aliphatic rings. The number of hydrogen-bond acceptors (Lipinski definition) is 4. The van der Waals surface area contributed by atoms with Crippen molar-refractivity contribution in [3.05, 3.63) is 99.6 Å². The molecular weight excluding hydrogens is 473 g/mol. The van der Waals surface area contributed by atoms with Crippen molar-refractivity contribution in [1.82, 2.24) is 9.38 Å². The molecule has 0 atom stereocenters. The van der Waals surface area contributed by atoms with E-state index in [9.17, 15) is 22.8 Å². The molecule has 0 radical (unpaired) electrons. The van der Waals surface area contributed by atoms with E-state index in [4.69, 9.17) is 16.3 Å². The average Bonchev–Trinajstić information content (AvgIpc) is 2.78. The first-order valence-electron chi connectivity index (χ1n) is 9.84. The van der Waals surface area contributed by atoms with E-state index in [1.54, 1.807) is 36.4 Å². The van der Waals surface area contributed by atoms with E-state index in [-0.39, 0.29) is 29.3 Å². The number of benzene rings is 2. The van der Waals surface area contributed by atoms with Crippen LogP contribution >= 0.6 is 11.6 Å². The SMILES string of the molecule is O=C(Nc1cccc(C(F)(F)F)c1)Nc1ccccc1OCc1cc(=O)n2cc(Cl)ccc2n1. The van der Waals surface area contributed by atoms with Crippen LogP contribution in [0.3, 0.4) is 0 Å². The molecule has 7 nitrogen and oxygen atoms in total. The summed E-state index contributed by atoms with van der Waals surface area (Å²) in [6, 6.07) is 14.5. The Kier molecular flexibility index (Phi) is 6.42. The first-order chi connectivity index (χ1) is 16.2. The number of fused-ring (bicyclic) bond motifs is 1. The number of pyridine rings is 1. The van der Waals surface area contributed by atoms with Crippen molar-refractivity contribution in [2.75, 3.05) is 10.6 Å². The summed E-state index contributed by atoms with van der Waals surface area (Å²) >= 11 is 5.91. The Morgan fingerprint density at radius 1 is 1.03 bits per heavy atom. The number of alkyl halides is 3. The number of amides is 2. The molecule has 4 rings (SSSR count). The lowest BCUT2D eigenvalue weighted by Crippen LogP contribution is -2.20. The van der Waals surface area contributed by atoms with Crippen LogP contribution in [0.2, 0.25) is 5.02 Å². The van der Waals surface area contributed by atoms with Crippen LogP contribution in [0.5, 0.6) is 5.75 Å². The van der Waals surface area contributed by atoms with E-state index in [1.807, 2.05) is 0 Å². The van der Waals surface area contributed by atoms with Crippen LogP contribution in [0.4, 0.5) is 29.3 Å². The van der Waals surface area contributed by atoms with Crippen LogP contribution in [0, 0.1) is 0 Å². The lowest BCUT2D eigenvalue weighted by Gasteiger charge is -2.14. The Hall–Kier alpha value is -4.05. The molecule has 2 heterocycles. The van der Waals surface area contributed by atoms with Crippen LogP contribution in [-0.4, -0.2) is 15.4 Å². The lowest BCUT2D eigenvalue weighted by molar-refractivity contribution is -0.137. The summed E-state index contributed by atoms with van der Waals surface area (Å²) in [5, 5.41) is 5.30. The van der Waals surface area contributed by atoms with Crippen LogP contribution in [0.1, 0.15) is 11.3 Å². The van der Waals surface area contributed by atoms with Crippen molar-refractivity contribution in [3.63, 3.8) is 0 Å². The second-order valence-electron chi connectivity index (χ2n) is 7.10. The predicted molar refractivity (Wildman–Crippen MR) is 121 cm³/mol. The minimum absolute atomic E-state index is 0.0216. The Balaban J connectivity index is 1.46. The Labute approximate surface area is 195 Å². The number of nitrogens with one attached hydrogen (secondary N) is 2. The molecule has 2 aromatic carbocycles. The number of nitrogens with zero attached hydrogens (tertiary/aromatic N) is 2. The molecule has 0 saturated carbocycles. The van der Waals surface area contributed by atoms with Gasteiger partial charge in [-0.15, -0.1) is 0 Å². The van der Waals surface area contributed by atoms with E-state index in [0.717, 1.165) is 12.1 Å². The van der Waals surface area contributed by atoms with Crippen molar-refractivity contribution >= 4 is 34.7 Å². The van der Waals surface area contributed by atoms with E-state index >= 15 is 0 Å². The third kappa shape index (κ3) is 5.46. The van der Waals surface area contributed by atoms with E-state index in [1.165, 1.54) is 28.8 Å². The van der Waals surface area contributed by atoms with Crippen molar-refractivity contribution in [3.8, 4) is 5.75 Å². The molecule has 2 aromatic heterocycles. The number of urea groups is 1. The van der Waals surface area contributed by atoms with Crippen molar-refractivity contribution < 1.29 is 22.7 Å². The predicted octanol–water partition coefficient (Wildman–Crippen LogP) is 5.59. The van der Waals surface area contributed by atoms with E-state index in [0.29, 0.717) is 16.4 Å². The summed E-state index contributed by atoms with van der Waals surface area (Å²) in [7, 11) is 0. The number of para-hydroxylation sites is 2. The first kappa shape index (κ1) is 23.1. The number of rotatable bonds is 5. The molecule has 2 amide bonds. The minimum atomic E-state index is -4.53. The van der Waals surface area contributed by atoms with E-state index in [2.05, 4.69) is 15.6 Å². The third-order valence-electron chi connectivity index (χ3n) is 4.64. The lowest BCUT2D eigenvalue weighted by atomic mass is 10.2. The van der Waals surface area contributed by atoms with Crippen molar-refractivity contribution in [2.45, 2.75) is 12.8 Å². The summed E-state index contributed by atoms with van der Waals surface area (Å²) in [6.45, 7) is -0.0672. The molecule has 11 heteroatoms. The number of halogens is 4. The highest BCUT2D eigenvalue weighted by Gasteiger charge is 2.30. The Morgan fingerprint density at radius 2 is 1.82 bits per heavy atom. The van der Waals surface area contributed by atoms with Gasteiger partial charge in [0.05, 0.1) is 22.0 Å². The van der Waals surface area contributed by atoms with Crippen LogP contribution in [0.25, 0.3) is 5.65 Å². The smallest absolute Gasteiger partial charge is 0.416 e. The molecule has 0 aliphatic carbocycles. The van der Waals surface area contributed by atoms with Crippen molar-refractivity contribution in [1.29, 1.82) is 0 Å². The van der Waals surface area contributed by atoms with Gasteiger partial charge in [0, 0.05) is 18.0 Å². The largest absolute Gasteiger partial charge is 0.485 e. The molecule has 0 fully saturated rings. The number of hydrogen-bond donors (Lipinski definition) is 2. The van der Waals surface area contributed by atoms with Crippen molar-refractivity contribution in [2.24, 2.45) is 0 Å². The number of carbonyl (C=O) groups excluding carboxylic acids is 1. The first-order valence-corrected chi connectivity index (χ1v) is 10.2. The maximum absolute atomic E-state index is 12.9. The summed E-state index contributed by atoms with van der Waals surface area (Å²) in [4.78, 5) is 29.0. The number of carbonyl (C=O) groups is 1. The van der Waals surface area contributed by atoms with Crippen LogP contribution in [0.15, 0.2) is 77.7 Å². The number of anilines is 2. The Morgan fingerprint density at radius 3 is 2.62 bits per heavy atom. The Bertz CT molecular complexity index is 1420. The molecule has 174 valence electrons. The maximum Gasteiger partial charge on any atom is 0.416 e. The quantitative estimate of drug-likeness (QED) is 0.383.